The second kappa shape index (κ2) is 5.94. The third kappa shape index (κ3) is 3.04. The first-order valence-electron chi connectivity index (χ1n) is 7.49. The van der Waals surface area contributed by atoms with Crippen molar-refractivity contribution >= 4 is 15.9 Å². The van der Waals surface area contributed by atoms with E-state index in [4.69, 9.17) is 0 Å². The highest BCUT2D eigenvalue weighted by Gasteiger charge is 2.35. The second-order valence-corrected chi connectivity index (χ2v) is 6.83. The van der Waals surface area contributed by atoms with E-state index in [1.54, 1.807) is 0 Å². The maximum atomic E-state index is 3.58. The Labute approximate surface area is 124 Å². The lowest BCUT2D eigenvalue weighted by Gasteiger charge is -2.43. The molecule has 2 aliphatic rings. The molecule has 0 N–H and O–H groups in total. The topological polar surface area (TPSA) is 6.48 Å². The Morgan fingerprint density at radius 2 is 2.21 bits per heavy atom. The van der Waals surface area contributed by atoms with Crippen LogP contribution in [-0.2, 0) is 6.54 Å². The van der Waals surface area contributed by atoms with Gasteiger partial charge in [-0.15, -0.1) is 0 Å². The first kappa shape index (κ1) is 13.6. The molecule has 2 nitrogen and oxygen atoms in total. The Balaban J connectivity index is 1.71. The van der Waals surface area contributed by atoms with Crippen LogP contribution in [0.15, 0.2) is 28.7 Å². The minimum Gasteiger partial charge on any atom is -0.298 e. The van der Waals surface area contributed by atoms with Gasteiger partial charge in [0, 0.05) is 36.2 Å². The molecule has 0 radical (unpaired) electrons. The third-order valence-corrected chi connectivity index (χ3v) is 5.15. The zero-order valence-corrected chi connectivity index (χ0v) is 13.3. The van der Waals surface area contributed by atoms with Crippen LogP contribution in [0.5, 0.6) is 0 Å². The van der Waals surface area contributed by atoms with Gasteiger partial charge in [-0.1, -0.05) is 35.0 Å². The van der Waals surface area contributed by atoms with E-state index in [2.05, 4.69) is 56.9 Å². The van der Waals surface area contributed by atoms with Gasteiger partial charge >= 0.3 is 0 Å². The lowest BCUT2D eigenvalue weighted by atomic mass is 10.0. The summed E-state index contributed by atoms with van der Waals surface area (Å²) in [7, 11) is 0. The van der Waals surface area contributed by atoms with E-state index in [1.165, 1.54) is 48.9 Å². The predicted octanol–water partition coefficient (Wildman–Crippen LogP) is 3.51. The normalized spacial score (nSPS) is 28.5. The van der Waals surface area contributed by atoms with E-state index in [1.807, 2.05) is 0 Å². The van der Waals surface area contributed by atoms with Gasteiger partial charge in [0.2, 0.25) is 0 Å². The van der Waals surface area contributed by atoms with Crippen LogP contribution in [0.2, 0.25) is 0 Å². The molecule has 0 amide bonds. The van der Waals surface area contributed by atoms with Crippen LogP contribution in [0.1, 0.15) is 31.7 Å². The SMILES string of the molecule is CCC1CN2CCCC2CN1Cc1cccc(Br)c1. The molecule has 0 aliphatic carbocycles. The van der Waals surface area contributed by atoms with Gasteiger partial charge < -0.3 is 0 Å². The number of halogens is 1. The maximum Gasteiger partial charge on any atom is 0.0238 e. The van der Waals surface area contributed by atoms with Crippen LogP contribution in [0.4, 0.5) is 0 Å². The highest BCUT2D eigenvalue weighted by molar-refractivity contribution is 9.10. The summed E-state index contributed by atoms with van der Waals surface area (Å²) >= 11 is 3.58. The average molecular weight is 323 g/mol. The molecule has 3 rings (SSSR count). The highest BCUT2D eigenvalue weighted by Crippen LogP contribution is 2.27. The van der Waals surface area contributed by atoms with Gasteiger partial charge in [-0.05, 0) is 43.5 Å². The highest BCUT2D eigenvalue weighted by atomic mass is 79.9. The molecule has 0 spiro atoms. The van der Waals surface area contributed by atoms with Crippen molar-refractivity contribution in [2.45, 2.75) is 44.8 Å². The Bertz CT molecular complexity index is 435. The average Bonchev–Trinajstić information content (AvgIpc) is 2.85. The number of fused-ring (bicyclic) bond motifs is 1. The smallest absolute Gasteiger partial charge is 0.0238 e. The van der Waals surface area contributed by atoms with Crippen LogP contribution >= 0.6 is 15.9 Å². The van der Waals surface area contributed by atoms with Crippen LogP contribution < -0.4 is 0 Å². The van der Waals surface area contributed by atoms with Crippen molar-refractivity contribution in [3.05, 3.63) is 34.3 Å². The van der Waals surface area contributed by atoms with Crippen LogP contribution in [0.3, 0.4) is 0 Å². The summed E-state index contributed by atoms with van der Waals surface area (Å²) in [6.45, 7) is 7.28. The van der Waals surface area contributed by atoms with E-state index in [9.17, 15) is 0 Å². The van der Waals surface area contributed by atoms with E-state index >= 15 is 0 Å². The minimum atomic E-state index is 0.730. The summed E-state index contributed by atoms with van der Waals surface area (Å²) < 4.78 is 1.19. The van der Waals surface area contributed by atoms with Gasteiger partial charge in [-0.2, -0.15) is 0 Å². The Kier molecular flexibility index (Phi) is 4.25. The molecule has 1 aromatic carbocycles. The molecule has 2 unspecified atom stereocenters. The molecule has 19 heavy (non-hydrogen) atoms. The van der Waals surface area contributed by atoms with Crippen LogP contribution in [0, 0.1) is 0 Å². The quantitative estimate of drug-likeness (QED) is 0.840. The Morgan fingerprint density at radius 1 is 1.32 bits per heavy atom. The zero-order chi connectivity index (χ0) is 13.2. The molecular weight excluding hydrogens is 300 g/mol. The standard InChI is InChI=1S/C16H23BrN2/c1-2-15-11-18-8-4-7-16(18)12-19(15)10-13-5-3-6-14(17)9-13/h3,5-6,9,15-16H,2,4,7-8,10-12H2,1H3. The number of benzene rings is 1. The second-order valence-electron chi connectivity index (χ2n) is 5.91. The van der Waals surface area contributed by atoms with Crippen molar-refractivity contribution in [1.29, 1.82) is 0 Å². The molecule has 1 aromatic rings. The molecule has 2 fully saturated rings. The molecule has 3 heteroatoms. The van der Waals surface area contributed by atoms with Crippen molar-refractivity contribution in [1.82, 2.24) is 9.80 Å². The van der Waals surface area contributed by atoms with E-state index in [0.29, 0.717) is 0 Å². The number of piperazine rings is 1. The summed E-state index contributed by atoms with van der Waals surface area (Å²) in [6.07, 6.45) is 4.05. The van der Waals surface area contributed by atoms with Gasteiger partial charge in [-0.3, -0.25) is 9.80 Å². The molecule has 0 aromatic heterocycles. The number of rotatable bonds is 3. The summed E-state index contributed by atoms with van der Waals surface area (Å²) in [5.41, 5.74) is 1.43. The zero-order valence-electron chi connectivity index (χ0n) is 11.7. The Hall–Kier alpha value is -0.380. The van der Waals surface area contributed by atoms with Gasteiger partial charge in [-0.25, -0.2) is 0 Å². The van der Waals surface area contributed by atoms with Crippen molar-refractivity contribution in [2.24, 2.45) is 0 Å². The lowest BCUT2D eigenvalue weighted by molar-refractivity contribution is 0.0437. The van der Waals surface area contributed by atoms with Crippen molar-refractivity contribution in [3.8, 4) is 0 Å². The fourth-order valence-corrected chi connectivity index (χ4v) is 4.05. The monoisotopic (exact) mass is 322 g/mol. The summed E-state index contributed by atoms with van der Waals surface area (Å²) in [6, 6.07) is 10.3. The van der Waals surface area contributed by atoms with Crippen LogP contribution in [0.25, 0.3) is 0 Å². The number of nitrogens with zero attached hydrogens (tertiary/aromatic N) is 2. The first-order chi connectivity index (χ1) is 9.26. The number of hydrogen-bond donors (Lipinski definition) is 0. The minimum absolute atomic E-state index is 0.730. The van der Waals surface area contributed by atoms with Gasteiger partial charge in [0.15, 0.2) is 0 Å². The van der Waals surface area contributed by atoms with Crippen molar-refractivity contribution < 1.29 is 0 Å². The number of hydrogen-bond acceptors (Lipinski definition) is 2. The molecular formula is C16H23BrN2. The van der Waals surface area contributed by atoms with E-state index in [-0.39, 0.29) is 0 Å². The Morgan fingerprint density at radius 3 is 3.00 bits per heavy atom. The molecule has 2 aliphatic heterocycles. The summed E-state index contributed by atoms with van der Waals surface area (Å²) in [5, 5.41) is 0. The van der Waals surface area contributed by atoms with Crippen molar-refractivity contribution in [2.75, 3.05) is 19.6 Å². The molecule has 2 saturated heterocycles. The van der Waals surface area contributed by atoms with E-state index in [0.717, 1.165) is 18.6 Å². The molecule has 0 bridgehead atoms. The fourth-order valence-electron chi connectivity index (χ4n) is 3.60. The molecule has 2 atom stereocenters. The van der Waals surface area contributed by atoms with Gasteiger partial charge in [0.05, 0.1) is 0 Å². The van der Waals surface area contributed by atoms with Gasteiger partial charge in [0.25, 0.3) is 0 Å². The first-order valence-corrected chi connectivity index (χ1v) is 8.28. The van der Waals surface area contributed by atoms with Crippen molar-refractivity contribution in [3.63, 3.8) is 0 Å². The summed E-state index contributed by atoms with van der Waals surface area (Å²) in [5.74, 6) is 0. The predicted molar refractivity (Wildman–Crippen MR) is 83.2 cm³/mol. The fraction of sp³-hybridized carbons (Fsp3) is 0.625. The lowest BCUT2D eigenvalue weighted by Crippen LogP contribution is -2.55. The maximum absolute atomic E-state index is 3.58. The molecule has 2 heterocycles. The van der Waals surface area contributed by atoms with Crippen LogP contribution in [-0.4, -0.2) is 41.5 Å². The third-order valence-electron chi connectivity index (χ3n) is 4.65. The van der Waals surface area contributed by atoms with E-state index < -0.39 is 0 Å². The summed E-state index contributed by atoms with van der Waals surface area (Å²) in [4.78, 5) is 5.42. The molecule has 104 valence electrons. The largest absolute Gasteiger partial charge is 0.298 e. The molecule has 0 saturated carbocycles. The van der Waals surface area contributed by atoms with Gasteiger partial charge in [0.1, 0.15) is 0 Å².